The molecule has 0 unspecified atom stereocenters. The number of nitrogens with one attached hydrogen (secondary N) is 1. The van der Waals surface area contributed by atoms with Crippen LogP contribution in [0.25, 0.3) is 0 Å². The van der Waals surface area contributed by atoms with Gasteiger partial charge in [-0.15, -0.1) is 0 Å². The molecule has 0 aliphatic rings. The molecule has 0 fully saturated rings. The van der Waals surface area contributed by atoms with E-state index in [2.05, 4.69) is 5.32 Å². The highest BCUT2D eigenvalue weighted by Crippen LogP contribution is 2.26. The van der Waals surface area contributed by atoms with Crippen LogP contribution in [0, 0.1) is 13.8 Å². The Hall–Kier alpha value is -3.65. The Labute approximate surface area is 220 Å². The molecule has 0 saturated heterocycles. The molecule has 0 bridgehead atoms. The normalized spacial score (nSPS) is 12.0. The van der Waals surface area contributed by atoms with Crippen LogP contribution < -0.4 is 9.62 Å². The zero-order valence-corrected chi connectivity index (χ0v) is 22.7. The monoisotopic (exact) mass is 521 g/mol. The van der Waals surface area contributed by atoms with Gasteiger partial charge in [0.15, 0.2) is 0 Å². The van der Waals surface area contributed by atoms with Crippen LogP contribution in [-0.4, -0.2) is 44.3 Å². The van der Waals surface area contributed by atoms with E-state index in [-0.39, 0.29) is 17.3 Å². The first kappa shape index (κ1) is 27.9. The third-order valence-corrected chi connectivity index (χ3v) is 8.11. The number of likely N-dealkylation sites (N-methyl/N-ethyl adjacent to an activating group) is 1. The fourth-order valence-corrected chi connectivity index (χ4v) is 5.55. The summed E-state index contributed by atoms with van der Waals surface area (Å²) in [5.74, 6) is -0.724. The second-order valence-electron chi connectivity index (χ2n) is 8.92. The van der Waals surface area contributed by atoms with Crippen molar-refractivity contribution in [2.45, 2.75) is 51.6 Å². The molecule has 2 amide bonds. The molecule has 0 aliphatic carbocycles. The summed E-state index contributed by atoms with van der Waals surface area (Å²) in [5.41, 5.74) is 3.17. The van der Waals surface area contributed by atoms with Gasteiger partial charge in [-0.25, -0.2) is 8.42 Å². The second kappa shape index (κ2) is 12.5. The van der Waals surface area contributed by atoms with Crippen molar-refractivity contribution in [3.05, 3.63) is 95.6 Å². The molecule has 0 heterocycles. The maximum atomic E-state index is 13.9. The smallest absolute Gasteiger partial charge is 0.264 e. The van der Waals surface area contributed by atoms with E-state index < -0.39 is 28.5 Å². The van der Waals surface area contributed by atoms with Gasteiger partial charge in [-0.3, -0.25) is 13.9 Å². The molecule has 7 nitrogen and oxygen atoms in total. The van der Waals surface area contributed by atoms with Crippen molar-refractivity contribution >= 4 is 27.5 Å². The van der Waals surface area contributed by atoms with Crippen molar-refractivity contribution in [2.24, 2.45) is 0 Å². The van der Waals surface area contributed by atoms with Crippen LogP contribution in [-0.2, 0) is 26.2 Å². The van der Waals surface area contributed by atoms with Crippen LogP contribution in [0.4, 0.5) is 5.69 Å². The van der Waals surface area contributed by atoms with Gasteiger partial charge in [0.1, 0.15) is 12.6 Å². The van der Waals surface area contributed by atoms with Gasteiger partial charge >= 0.3 is 0 Å². The van der Waals surface area contributed by atoms with Gasteiger partial charge in [0.25, 0.3) is 10.0 Å². The van der Waals surface area contributed by atoms with E-state index in [1.807, 2.05) is 64.1 Å². The highest BCUT2D eigenvalue weighted by molar-refractivity contribution is 7.92. The van der Waals surface area contributed by atoms with E-state index in [0.717, 1.165) is 21.0 Å². The topological polar surface area (TPSA) is 86.8 Å². The average molecular weight is 522 g/mol. The predicted molar refractivity (Wildman–Crippen MR) is 147 cm³/mol. The summed E-state index contributed by atoms with van der Waals surface area (Å²) in [4.78, 5) is 28.4. The highest BCUT2D eigenvalue weighted by atomic mass is 32.2. The molecule has 1 N–H and O–H groups in total. The molecular weight excluding hydrogens is 486 g/mol. The Bertz CT molecular complexity index is 1310. The number of hydrogen-bond acceptors (Lipinski definition) is 4. The molecule has 37 heavy (non-hydrogen) atoms. The maximum Gasteiger partial charge on any atom is 0.264 e. The molecule has 0 saturated carbocycles. The zero-order chi connectivity index (χ0) is 27.0. The summed E-state index contributed by atoms with van der Waals surface area (Å²) < 4.78 is 28.7. The lowest BCUT2D eigenvalue weighted by Gasteiger charge is -2.33. The zero-order valence-electron chi connectivity index (χ0n) is 21.8. The molecule has 8 heteroatoms. The van der Waals surface area contributed by atoms with Crippen LogP contribution in [0.2, 0.25) is 0 Å². The Balaban J connectivity index is 2.06. The molecule has 3 aromatic carbocycles. The first-order valence-electron chi connectivity index (χ1n) is 12.4. The molecular formula is C29H35N3O4S. The number of sulfonamides is 1. The van der Waals surface area contributed by atoms with Crippen molar-refractivity contribution in [2.75, 3.05) is 17.4 Å². The molecule has 0 aliphatic heterocycles. The molecule has 3 rings (SSSR count). The largest absolute Gasteiger partial charge is 0.355 e. The van der Waals surface area contributed by atoms with Crippen LogP contribution in [0.3, 0.4) is 0 Å². The summed E-state index contributed by atoms with van der Waals surface area (Å²) in [6.45, 7) is 7.68. The number of carbonyl (C=O) groups excluding carboxylic acids is 2. The van der Waals surface area contributed by atoms with Gasteiger partial charge in [-0.05, 0) is 68.1 Å². The van der Waals surface area contributed by atoms with Gasteiger partial charge in [-0.1, -0.05) is 61.5 Å². The summed E-state index contributed by atoms with van der Waals surface area (Å²) in [6, 6.07) is 22.0. The van der Waals surface area contributed by atoms with Crippen molar-refractivity contribution in [1.82, 2.24) is 10.2 Å². The molecule has 0 spiro atoms. The number of nitrogens with zero attached hydrogens (tertiary/aromatic N) is 2. The van der Waals surface area contributed by atoms with Crippen LogP contribution in [0.5, 0.6) is 0 Å². The Morgan fingerprint density at radius 1 is 0.865 bits per heavy atom. The van der Waals surface area contributed by atoms with Gasteiger partial charge in [0.05, 0.1) is 10.6 Å². The fourth-order valence-electron chi connectivity index (χ4n) is 4.12. The first-order chi connectivity index (χ1) is 17.7. The first-order valence-corrected chi connectivity index (χ1v) is 13.9. The fraction of sp³-hybridized carbons (Fsp3) is 0.310. The van der Waals surface area contributed by atoms with E-state index in [4.69, 9.17) is 0 Å². The van der Waals surface area contributed by atoms with E-state index >= 15 is 0 Å². The third-order valence-electron chi connectivity index (χ3n) is 6.32. The van der Waals surface area contributed by atoms with E-state index in [0.29, 0.717) is 18.7 Å². The molecule has 3 aromatic rings. The lowest BCUT2D eigenvalue weighted by Crippen LogP contribution is -2.52. The third kappa shape index (κ3) is 6.77. The number of hydrogen-bond donors (Lipinski definition) is 1. The van der Waals surface area contributed by atoms with Gasteiger partial charge < -0.3 is 10.2 Å². The number of rotatable bonds is 11. The van der Waals surface area contributed by atoms with Crippen molar-refractivity contribution in [1.29, 1.82) is 0 Å². The van der Waals surface area contributed by atoms with Gasteiger partial charge in [0, 0.05) is 13.1 Å². The van der Waals surface area contributed by atoms with Gasteiger partial charge in [0.2, 0.25) is 11.8 Å². The summed E-state index contributed by atoms with van der Waals surface area (Å²) in [7, 11) is -4.06. The maximum absolute atomic E-state index is 13.9. The average Bonchev–Trinajstić information content (AvgIpc) is 2.90. The van der Waals surface area contributed by atoms with Crippen molar-refractivity contribution < 1.29 is 18.0 Å². The number of carbonyl (C=O) groups is 2. The standard InChI is InChI=1S/C29H35N3O4S/c1-5-27(29(34)30-6-2)31(20-24-13-9-7-10-14-24)28(33)21-32(25-18-17-22(3)23(4)19-25)37(35,36)26-15-11-8-12-16-26/h7-19,27H,5-6,20-21H2,1-4H3,(H,30,34)/t27-/m1/s1. The van der Waals surface area contributed by atoms with Crippen molar-refractivity contribution in [3.8, 4) is 0 Å². The molecule has 1 atom stereocenters. The van der Waals surface area contributed by atoms with E-state index in [9.17, 15) is 18.0 Å². The molecule has 196 valence electrons. The number of amides is 2. The lowest BCUT2D eigenvalue weighted by molar-refractivity contribution is -0.140. The van der Waals surface area contributed by atoms with Crippen LogP contribution in [0.1, 0.15) is 37.0 Å². The second-order valence-corrected chi connectivity index (χ2v) is 10.8. The van der Waals surface area contributed by atoms with E-state index in [1.54, 1.807) is 30.3 Å². The van der Waals surface area contributed by atoms with Crippen LogP contribution >= 0.6 is 0 Å². The minimum Gasteiger partial charge on any atom is -0.355 e. The van der Waals surface area contributed by atoms with Crippen LogP contribution in [0.15, 0.2) is 83.8 Å². The summed E-state index contributed by atoms with van der Waals surface area (Å²) in [5, 5.41) is 2.81. The number of benzene rings is 3. The van der Waals surface area contributed by atoms with E-state index in [1.165, 1.54) is 17.0 Å². The lowest BCUT2D eigenvalue weighted by atomic mass is 10.1. The van der Waals surface area contributed by atoms with Gasteiger partial charge in [-0.2, -0.15) is 0 Å². The SMILES string of the molecule is CCNC(=O)[C@@H](CC)N(Cc1ccccc1)C(=O)CN(c1ccc(C)c(C)c1)S(=O)(=O)c1ccccc1. The number of anilines is 1. The Morgan fingerprint density at radius 2 is 1.49 bits per heavy atom. The number of aryl methyl sites for hydroxylation is 2. The Morgan fingerprint density at radius 3 is 2.05 bits per heavy atom. The minimum atomic E-state index is -4.06. The molecule has 0 radical (unpaired) electrons. The summed E-state index contributed by atoms with van der Waals surface area (Å²) >= 11 is 0. The quantitative estimate of drug-likeness (QED) is 0.404. The predicted octanol–water partition coefficient (Wildman–Crippen LogP) is 4.44. The summed E-state index contributed by atoms with van der Waals surface area (Å²) in [6.07, 6.45) is 0.388. The minimum absolute atomic E-state index is 0.0893. The highest BCUT2D eigenvalue weighted by Gasteiger charge is 2.33. The molecule has 0 aromatic heterocycles. The van der Waals surface area contributed by atoms with Crippen molar-refractivity contribution in [3.63, 3.8) is 0 Å². The Kier molecular flexibility index (Phi) is 9.47.